The van der Waals surface area contributed by atoms with Gasteiger partial charge in [-0.25, -0.2) is 13.1 Å². The maximum absolute atomic E-state index is 12.8. The van der Waals surface area contributed by atoms with Crippen LogP contribution in [0, 0.1) is 12.8 Å². The largest absolute Gasteiger partial charge is 0.384 e. The summed E-state index contributed by atoms with van der Waals surface area (Å²) in [4.78, 5) is 12.6. The number of benzene rings is 1. The molecule has 0 radical (unpaired) electrons. The third kappa shape index (κ3) is 3.72. The number of hydrogen-bond acceptors (Lipinski definition) is 5. The molecule has 1 amide bonds. The lowest BCUT2D eigenvalue weighted by Gasteiger charge is -2.17. The van der Waals surface area contributed by atoms with Crippen LogP contribution < -0.4 is 15.8 Å². The predicted molar refractivity (Wildman–Crippen MR) is 97.6 cm³/mol. The van der Waals surface area contributed by atoms with E-state index in [1.807, 2.05) is 12.2 Å². The number of nitrogens with one attached hydrogen (secondary N) is 2. The first kappa shape index (κ1) is 17.9. The molecule has 1 aliphatic heterocycles. The molecule has 7 heteroatoms. The fraction of sp³-hybridized carbons (Fsp3) is 0.500. The van der Waals surface area contributed by atoms with Crippen molar-refractivity contribution < 1.29 is 13.2 Å². The van der Waals surface area contributed by atoms with Crippen molar-refractivity contribution in [1.29, 1.82) is 0 Å². The van der Waals surface area contributed by atoms with Crippen molar-refractivity contribution >= 4 is 21.6 Å². The summed E-state index contributed by atoms with van der Waals surface area (Å²) in [5.41, 5.74) is 6.10. The Morgan fingerprint density at radius 2 is 2.04 bits per heavy atom. The van der Waals surface area contributed by atoms with Crippen molar-refractivity contribution in [3.8, 4) is 0 Å². The first-order chi connectivity index (χ1) is 11.8. The maximum atomic E-state index is 12.8. The van der Waals surface area contributed by atoms with Crippen LogP contribution in [0.5, 0.6) is 0 Å². The normalized spacial score (nSPS) is 30.5. The van der Waals surface area contributed by atoms with Crippen molar-refractivity contribution in [2.24, 2.45) is 11.7 Å². The van der Waals surface area contributed by atoms with Crippen molar-refractivity contribution in [2.75, 3.05) is 11.9 Å². The van der Waals surface area contributed by atoms with Gasteiger partial charge in [0.1, 0.15) is 10.4 Å². The molecule has 0 bridgehead atoms. The standard InChI is InChI=1S/C18H25N3O3S/c1-13-8-7-10-15-16(13)25(23,24)21-17(22)18(19)12-14(18)9-5-3-2-4-6-11-20-15/h5,7-10,14,20H,2-4,6,11-12,19H2,1H3,(H,21,22)/b9-5-/t14-,18+/m0/s1. The minimum atomic E-state index is -3.99. The third-order valence-corrected chi connectivity index (χ3v) is 6.45. The number of fused-ring (bicyclic) bond motifs is 2. The first-order valence-corrected chi connectivity index (χ1v) is 10.2. The van der Waals surface area contributed by atoms with Gasteiger partial charge in [-0.3, -0.25) is 4.79 Å². The first-order valence-electron chi connectivity index (χ1n) is 8.71. The van der Waals surface area contributed by atoms with Crippen LogP contribution >= 0.6 is 0 Å². The molecule has 0 saturated heterocycles. The van der Waals surface area contributed by atoms with E-state index in [1.54, 1.807) is 25.1 Å². The molecule has 6 nitrogen and oxygen atoms in total. The Kier molecular flexibility index (Phi) is 4.88. The average molecular weight is 363 g/mol. The SMILES string of the molecule is Cc1cccc2c1S(=O)(=O)NC(=O)[C@@]1(N)C[C@@H]1/C=C\CCCCCN2. The van der Waals surface area contributed by atoms with Crippen molar-refractivity contribution in [2.45, 2.75) is 49.5 Å². The van der Waals surface area contributed by atoms with Crippen molar-refractivity contribution in [3.05, 3.63) is 35.9 Å². The summed E-state index contributed by atoms with van der Waals surface area (Å²) < 4.78 is 27.8. The number of allylic oxidation sites excluding steroid dienone is 1. The molecule has 136 valence electrons. The van der Waals surface area contributed by atoms with Gasteiger partial charge in [0, 0.05) is 12.5 Å². The fourth-order valence-corrected chi connectivity index (χ4v) is 4.73. The van der Waals surface area contributed by atoms with Gasteiger partial charge in [0.05, 0.1) is 5.69 Å². The van der Waals surface area contributed by atoms with Gasteiger partial charge in [0.2, 0.25) is 0 Å². The summed E-state index contributed by atoms with van der Waals surface area (Å²) in [5.74, 6) is -0.728. The number of anilines is 1. The summed E-state index contributed by atoms with van der Waals surface area (Å²) >= 11 is 0. The maximum Gasteiger partial charge on any atom is 0.266 e. The molecule has 2 aliphatic rings. The third-order valence-electron chi connectivity index (χ3n) is 4.92. The van der Waals surface area contributed by atoms with Crippen LogP contribution in [0.2, 0.25) is 0 Å². The van der Waals surface area contributed by atoms with Crippen LogP contribution in [0.25, 0.3) is 0 Å². The highest BCUT2D eigenvalue weighted by atomic mass is 32.2. The topological polar surface area (TPSA) is 101 Å². The molecule has 1 aromatic carbocycles. The molecule has 3 rings (SSSR count). The Balaban J connectivity index is 1.94. The van der Waals surface area contributed by atoms with Crippen LogP contribution in [0.1, 0.15) is 37.7 Å². The summed E-state index contributed by atoms with van der Waals surface area (Å²) in [6.07, 6.45) is 8.49. The van der Waals surface area contributed by atoms with Gasteiger partial charge in [0.25, 0.3) is 15.9 Å². The fourth-order valence-electron chi connectivity index (χ4n) is 3.27. The van der Waals surface area contributed by atoms with Gasteiger partial charge in [-0.2, -0.15) is 0 Å². The molecular weight excluding hydrogens is 338 g/mol. The van der Waals surface area contributed by atoms with Gasteiger partial charge < -0.3 is 11.1 Å². The predicted octanol–water partition coefficient (Wildman–Crippen LogP) is 2.06. The van der Waals surface area contributed by atoms with E-state index >= 15 is 0 Å². The molecule has 0 aromatic heterocycles. The Morgan fingerprint density at radius 3 is 2.84 bits per heavy atom. The second-order valence-electron chi connectivity index (χ2n) is 6.94. The molecule has 2 atom stereocenters. The number of nitrogens with two attached hydrogens (primary N) is 1. The van der Waals surface area contributed by atoms with Crippen LogP contribution in [-0.4, -0.2) is 26.4 Å². The highest BCUT2D eigenvalue weighted by molar-refractivity contribution is 7.90. The summed E-state index contributed by atoms with van der Waals surface area (Å²) in [6, 6.07) is 5.25. The van der Waals surface area contributed by atoms with Crippen LogP contribution in [0.3, 0.4) is 0 Å². The zero-order valence-corrected chi connectivity index (χ0v) is 15.2. The van der Waals surface area contributed by atoms with E-state index in [-0.39, 0.29) is 10.8 Å². The second kappa shape index (κ2) is 6.80. The van der Waals surface area contributed by atoms with Gasteiger partial charge in [0.15, 0.2) is 0 Å². The number of aryl methyl sites for hydroxylation is 1. The Labute approximate surface area is 148 Å². The van der Waals surface area contributed by atoms with E-state index in [2.05, 4.69) is 10.0 Å². The zero-order valence-electron chi connectivity index (χ0n) is 14.4. The summed E-state index contributed by atoms with van der Waals surface area (Å²) in [7, 11) is -3.99. The molecule has 0 unspecified atom stereocenters. The van der Waals surface area contributed by atoms with Crippen LogP contribution in [0.15, 0.2) is 35.2 Å². The monoisotopic (exact) mass is 363 g/mol. The van der Waals surface area contributed by atoms with E-state index in [4.69, 9.17) is 5.73 Å². The number of amides is 1. The summed E-state index contributed by atoms with van der Waals surface area (Å²) in [5, 5.41) is 3.20. The molecule has 4 N–H and O–H groups in total. The zero-order chi connectivity index (χ0) is 18.1. The number of hydrogen-bond donors (Lipinski definition) is 3. The molecular formula is C18H25N3O3S. The molecule has 1 aromatic rings. The molecule has 25 heavy (non-hydrogen) atoms. The Bertz CT molecular complexity index is 804. The number of carbonyl (C=O) groups is 1. The molecule has 1 heterocycles. The molecule has 1 fully saturated rings. The van der Waals surface area contributed by atoms with E-state index < -0.39 is 21.5 Å². The number of carbonyl (C=O) groups excluding carboxylic acids is 1. The van der Waals surface area contributed by atoms with Crippen molar-refractivity contribution in [1.82, 2.24) is 4.72 Å². The number of rotatable bonds is 0. The van der Waals surface area contributed by atoms with Gasteiger partial charge in [-0.15, -0.1) is 0 Å². The van der Waals surface area contributed by atoms with Gasteiger partial charge in [-0.1, -0.05) is 30.7 Å². The quantitative estimate of drug-likeness (QED) is 0.613. The highest BCUT2D eigenvalue weighted by Crippen LogP contribution is 2.43. The van der Waals surface area contributed by atoms with Crippen LogP contribution in [0.4, 0.5) is 5.69 Å². The van der Waals surface area contributed by atoms with Crippen molar-refractivity contribution in [3.63, 3.8) is 0 Å². The minimum Gasteiger partial charge on any atom is -0.384 e. The smallest absolute Gasteiger partial charge is 0.266 e. The van der Waals surface area contributed by atoms with Gasteiger partial charge in [-0.05, 0) is 44.2 Å². The highest BCUT2D eigenvalue weighted by Gasteiger charge is 2.56. The van der Waals surface area contributed by atoms with E-state index in [9.17, 15) is 13.2 Å². The van der Waals surface area contributed by atoms with Crippen LogP contribution in [-0.2, 0) is 14.8 Å². The second-order valence-corrected chi connectivity index (χ2v) is 8.56. The minimum absolute atomic E-state index is 0.0951. The lowest BCUT2D eigenvalue weighted by atomic mass is 10.1. The van der Waals surface area contributed by atoms with Gasteiger partial charge >= 0.3 is 0 Å². The molecule has 0 spiro atoms. The summed E-state index contributed by atoms with van der Waals surface area (Å²) in [6.45, 7) is 2.41. The van der Waals surface area contributed by atoms with E-state index in [1.165, 1.54) is 0 Å². The lowest BCUT2D eigenvalue weighted by Crippen LogP contribution is -2.46. The molecule has 1 aliphatic carbocycles. The molecule has 1 saturated carbocycles. The average Bonchev–Trinajstić information content (AvgIpc) is 3.20. The van der Waals surface area contributed by atoms with E-state index in [0.717, 1.165) is 25.7 Å². The Hall–Kier alpha value is -1.86. The van der Waals surface area contributed by atoms with E-state index in [0.29, 0.717) is 24.2 Å². The Morgan fingerprint density at radius 1 is 1.24 bits per heavy atom. The number of sulfonamides is 1. The lowest BCUT2D eigenvalue weighted by molar-refractivity contribution is -0.121.